The van der Waals surface area contributed by atoms with E-state index in [2.05, 4.69) is 5.32 Å². The lowest BCUT2D eigenvalue weighted by atomic mass is 10.1. The average Bonchev–Trinajstić information content (AvgIpc) is 2.48. The van der Waals surface area contributed by atoms with Gasteiger partial charge in [-0.15, -0.1) is 0 Å². The van der Waals surface area contributed by atoms with E-state index in [-0.39, 0.29) is 5.69 Å². The highest BCUT2D eigenvalue weighted by molar-refractivity contribution is 6.31. The summed E-state index contributed by atoms with van der Waals surface area (Å²) in [5.74, 6) is -0.610. The Morgan fingerprint density at radius 3 is 2.36 bits per heavy atom. The fourth-order valence-corrected chi connectivity index (χ4v) is 2.08. The molecule has 0 bridgehead atoms. The molecule has 0 unspecified atom stereocenters. The van der Waals surface area contributed by atoms with E-state index in [4.69, 9.17) is 17.3 Å². The molecule has 0 saturated heterocycles. The van der Waals surface area contributed by atoms with E-state index < -0.39 is 28.7 Å². The Hall–Kier alpha value is -2.05. The molecule has 1 atom stereocenters. The second kappa shape index (κ2) is 6.37. The molecule has 0 aliphatic carbocycles. The topological polar surface area (TPSA) is 55.1 Å². The lowest BCUT2D eigenvalue weighted by Crippen LogP contribution is -2.27. The van der Waals surface area contributed by atoms with Crippen LogP contribution in [0.2, 0.25) is 5.02 Å². The molecule has 3 N–H and O–H groups in total. The van der Waals surface area contributed by atoms with Gasteiger partial charge in [0.2, 0.25) is 5.91 Å². The van der Waals surface area contributed by atoms with E-state index >= 15 is 0 Å². The molecular weight excluding hydrogens is 317 g/mol. The first-order valence-corrected chi connectivity index (χ1v) is 6.65. The van der Waals surface area contributed by atoms with Gasteiger partial charge in [0, 0.05) is 5.69 Å². The lowest BCUT2D eigenvalue weighted by molar-refractivity contribution is -0.137. The van der Waals surface area contributed by atoms with Crippen molar-refractivity contribution in [1.82, 2.24) is 0 Å². The van der Waals surface area contributed by atoms with Crippen molar-refractivity contribution in [3.8, 4) is 0 Å². The summed E-state index contributed by atoms with van der Waals surface area (Å²) >= 11 is 5.52. The van der Waals surface area contributed by atoms with Crippen LogP contribution in [0.4, 0.5) is 18.9 Å². The van der Waals surface area contributed by atoms with Crippen molar-refractivity contribution in [2.24, 2.45) is 5.73 Å². The highest BCUT2D eigenvalue weighted by Crippen LogP contribution is 2.36. The third-order valence-electron chi connectivity index (χ3n) is 2.98. The fourth-order valence-electron chi connectivity index (χ4n) is 1.85. The van der Waals surface area contributed by atoms with E-state index in [9.17, 15) is 18.0 Å². The largest absolute Gasteiger partial charge is 0.417 e. The van der Waals surface area contributed by atoms with Gasteiger partial charge in [-0.2, -0.15) is 13.2 Å². The van der Waals surface area contributed by atoms with Gasteiger partial charge in [-0.25, -0.2) is 0 Å². The molecule has 0 aliphatic rings. The molecule has 2 rings (SSSR count). The number of rotatable bonds is 3. The summed E-state index contributed by atoms with van der Waals surface area (Å²) in [4.78, 5) is 12.0. The number of benzene rings is 2. The van der Waals surface area contributed by atoms with E-state index in [0.29, 0.717) is 5.56 Å². The molecule has 0 saturated carbocycles. The van der Waals surface area contributed by atoms with Crippen LogP contribution in [0.1, 0.15) is 17.2 Å². The Morgan fingerprint density at radius 2 is 1.77 bits per heavy atom. The van der Waals surface area contributed by atoms with Gasteiger partial charge in [0.1, 0.15) is 6.04 Å². The number of halogens is 4. The minimum atomic E-state index is -4.60. The molecule has 7 heteroatoms. The second-order valence-electron chi connectivity index (χ2n) is 4.57. The number of carbonyl (C=O) groups excluding carboxylic acids is 1. The van der Waals surface area contributed by atoms with Gasteiger partial charge >= 0.3 is 6.18 Å². The number of nitrogens with two attached hydrogens (primary N) is 1. The van der Waals surface area contributed by atoms with Crippen LogP contribution >= 0.6 is 11.6 Å². The van der Waals surface area contributed by atoms with Crippen LogP contribution in [0, 0.1) is 0 Å². The molecule has 0 aliphatic heterocycles. The first-order chi connectivity index (χ1) is 10.3. The molecule has 0 heterocycles. The molecule has 0 spiro atoms. The zero-order chi connectivity index (χ0) is 16.3. The summed E-state index contributed by atoms with van der Waals surface area (Å²) < 4.78 is 38.3. The van der Waals surface area contributed by atoms with Crippen molar-refractivity contribution >= 4 is 23.2 Å². The van der Waals surface area contributed by atoms with Crippen molar-refractivity contribution in [2.75, 3.05) is 5.32 Å². The monoisotopic (exact) mass is 328 g/mol. The smallest absolute Gasteiger partial charge is 0.324 e. The highest BCUT2D eigenvalue weighted by atomic mass is 35.5. The van der Waals surface area contributed by atoms with Gasteiger partial charge < -0.3 is 11.1 Å². The van der Waals surface area contributed by atoms with Crippen molar-refractivity contribution in [3.05, 3.63) is 64.7 Å². The lowest BCUT2D eigenvalue weighted by Gasteiger charge is -2.14. The minimum Gasteiger partial charge on any atom is -0.324 e. The van der Waals surface area contributed by atoms with E-state index in [1.807, 2.05) is 0 Å². The number of nitrogens with one attached hydrogen (secondary N) is 1. The van der Waals surface area contributed by atoms with Crippen molar-refractivity contribution < 1.29 is 18.0 Å². The summed E-state index contributed by atoms with van der Waals surface area (Å²) in [5.41, 5.74) is 5.31. The van der Waals surface area contributed by atoms with Gasteiger partial charge in [0.05, 0.1) is 10.6 Å². The van der Waals surface area contributed by atoms with E-state index in [1.54, 1.807) is 30.3 Å². The number of carbonyl (C=O) groups is 1. The van der Waals surface area contributed by atoms with Crippen LogP contribution in [-0.4, -0.2) is 5.91 Å². The molecule has 1 amide bonds. The number of hydrogen-bond donors (Lipinski definition) is 2. The van der Waals surface area contributed by atoms with Gasteiger partial charge in [0.25, 0.3) is 0 Å². The molecule has 22 heavy (non-hydrogen) atoms. The van der Waals surface area contributed by atoms with Crippen molar-refractivity contribution in [2.45, 2.75) is 12.2 Å². The molecule has 0 aromatic heterocycles. The quantitative estimate of drug-likeness (QED) is 0.895. The summed E-state index contributed by atoms with van der Waals surface area (Å²) in [5, 5.41) is 1.92. The standard InChI is InChI=1S/C15H12ClF3N2O/c16-12-7-6-10(8-11(12)15(17,18)19)21-14(22)13(20)9-4-2-1-3-5-9/h1-8,13H,20H2,(H,21,22)/t13-/m0/s1. The molecule has 0 radical (unpaired) electrons. The minimum absolute atomic E-state index is 0.0203. The maximum Gasteiger partial charge on any atom is 0.417 e. The molecule has 116 valence electrons. The Kier molecular flexibility index (Phi) is 4.73. The van der Waals surface area contributed by atoms with E-state index in [1.165, 1.54) is 6.07 Å². The molecule has 0 fully saturated rings. The Labute approximate surface area is 129 Å². The van der Waals surface area contributed by atoms with E-state index in [0.717, 1.165) is 12.1 Å². The first-order valence-electron chi connectivity index (χ1n) is 6.27. The molecule has 3 nitrogen and oxygen atoms in total. The maximum absolute atomic E-state index is 12.8. The predicted octanol–water partition coefficient (Wildman–Crippen LogP) is 4.00. The van der Waals surface area contributed by atoms with Gasteiger partial charge in [-0.3, -0.25) is 4.79 Å². The number of anilines is 1. The molecule has 2 aromatic carbocycles. The van der Waals surface area contributed by atoms with Crippen LogP contribution < -0.4 is 11.1 Å². The van der Waals surface area contributed by atoms with Gasteiger partial charge in [-0.05, 0) is 23.8 Å². The van der Waals surface area contributed by atoms with Crippen LogP contribution in [0.3, 0.4) is 0 Å². The summed E-state index contributed by atoms with van der Waals surface area (Å²) in [6.45, 7) is 0. The van der Waals surface area contributed by atoms with Gasteiger partial charge in [0.15, 0.2) is 0 Å². The third-order valence-corrected chi connectivity index (χ3v) is 3.31. The Balaban J connectivity index is 2.19. The first kappa shape index (κ1) is 16.3. The zero-order valence-electron chi connectivity index (χ0n) is 11.2. The highest BCUT2D eigenvalue weighted by Gasteiger charge is 2.33. The number of amides is 1. The summed E-state index contributed by atoms with van der Waals surface area (Å²) in [6, 6.07) is 10.7. The molecule has 2 aromatic rings. The average molecular weight is 329 g/mol. The third kappa shape index (κ3) is 3.78. The van der Waals surface area contributed by atoms with Crippen LogP contribution in [0.5, 0.6) is 0 Å². The van der Waals surface area contributed by atoms with Crippen LogP contribution in [0.25, 0.3) is 0 Å². The fraction of sp³-hybridized carbons (Fsp3) is 0.133. The normalized spacial score (nSPS) is 12.8. The number of hydrogen-bond acceptors (Lipinski definition) is 2. The van der Waals surface area contributed by atoms with Crippen LogP contribution in [0.15, 0.2) is 48.5 Å². The van der Waals surface area contributed by atoms with Crippen molar-refractivity contribution in [3.63, 3.8) is 0 Å². The Bertz CT molecular complexity index is 674. The zero-order valence-corrected chi connectivity index (χ0v) is 11.9. The number of alkyl halides is 3. The summed E-state index contributed by atoms with van der Waals surface area (Å²) in [6.07, 6.45) is -4.60. The predicted molar refractivity (Wildman–Crippen MR) is 78.5 cm³/mol. The maximum atomic E-state index is 12.8. The second-order valence-corrected chi connectivity index (χ2v) is 4.98. The van der Waals surface area contributed by atoms with Crippen LogP contribution in [-0.2, 0) is 11.0 Å². The Morgan fingerprint density at radius 1 is 1.14 bits per heavy atom. The van der Waals surface area contributed by atoms with Crippen molar-refractivity contribution in [1.29, 1.82) is 0 Å². The SMILES string of the molecule is N[C@H](C(=O)Nc1ccc(Cl)c(C(F)(F)F)c1)c1ccccc1. The van der Waals surface area contributed by atoms with Gasteiger partial charge in [-0.1, -0.05) is 41.9 Å². The summed E-state index contributed by atoms with van der Waals surface area (Å²) in [7, 11) is 0. The molecular formula is C15H12ClF3N2O.